The summed E-state index contributed by atoms with van der Waals surface area (Å²) in [6, 6.07) is 4.88. The number of halogens is 1. The third-order valence-electron chi connectivity index (χ3n) is 2.80. The van der Waals surface area contributed by atoms with Crippen LogP contribution in [0.25, 0.3) is 0 Å². The molecule has 1 aromatic carbocycles. The van der Waals surface area contributed by atoms with Crippen molar-refractivity contribution in [1.29, 1.82) is 0 Å². The highest BCUT2D eigenvalue weighted by Gasteiger charge is 2.14. The van der Waals surface area contributed by atoms with E-state index < -0.39 is 6.03 Å². The summed E-state index contributed by atoms with van der Waals surface area (Å²) in [4.78, 5) is 35.0. The Morgan fingerprint density at radius 1 is 1.04 bits per heavy atom. The van der Waals surface area contributed by atoms with Gasteiger partial charge in [0, 0.05) is 15.7 Å². The van der Waals surface area contributed by atoms with Gasteiger partial charge in [-0.15, -0.1) is 0 Å². The highest BCUT2D eigenvalue weighted by molar-refractivity contribution is 9.10. The molecule has 24 heavy (non-hydrogen) atoms. The lowest BCUT2D eigenvalue weighted by molar-refractivity contribution is -0.121. The number of carbonyl (C=O) groups is 3. The van der Waals surface area contributed by atoms with Crippen LogP contribution in [0, 0.1) is 6.92 Å². The molecule has 132 valence electrons. The summed E-state index contributed by atoms with van der Waals surface area (Å²) in [5, 5.41) is 10.2. The van der Waals surface area contributed by atoms with Gasteiger partial charge in [0.25, 0.3) is 0 Å². The average Bonchev–Trinajstić information content (AvgIpc) is 2.44. The molecular weight excluding hydrogens is 376 g/mol. The molecular formula is C16H23BrN4O3. The molecule has 4 N–H and O–H groups in total. The van der Waals surface area contributed by atoms with E-state index >= 15 is 0 Å². The minimum Gasteiger partial charge on any atom is -0.350 e. The zero-order valence-electron chi connectivity index (χ0n) is 14.2. The van der Waals surface area contributed by atoms with Crippen LogP contribution in [0.4, 0.5) is 10.5 Å². The van der Waals surface area contributed by atoms with Gasteiger partial charge < -0.3 is 21.3 Å². The number of anilines is 1. The monoisotopic (exact) mass is 398 g/mol. The molecule has 0 bridgehead atoms. The quantitative estimate of drug-likeness (QED) is 0.609. The highest BCUT2D eigenvalue weighted by Crippen LogP contribution is 2.19. The standard InChI is InChI=1S/C16H23BrN4O3/c1-10-7-11(17)5-6-12(10)20-13(22)8-18-15(24)19-9-14(23)21-16(2,3)4/h5-7H,8-9H2,1-4H3,(H,20,22)(H,21,23)(H2,18,19,24). The largest absolute Gasteiger partial charge is 0.350 e. The van der Waals surface area contributed by atoms with Crippen LogP contribution in [0.3, 0.4) is 0 Å². The molecule has 0 saturated carbocycles. The van der Waals surface area contributed by atoms with E-state index in [0.717, 1.165) is 10.0 Å². The Labute approximate surface area is 150 Å². The van der Waals surface area contributed by atoms with Crippen LogP contribution in [0.5, 0.6) is 0 Å². The highest BCUT2D eigenvalue weighted by atomic mass is 79.9. The lowest BCUT2D eigenvalue weighted by Crippen LogP contribution is -2.48. The van der Waals surface area contributed by atoms with Crippen molar-refractivity contribution in [2.75, 3.05) is 18.4 Å². The van der Waals surface area contributed by atoms with Gasteiger partial charge in [-0.05, 0) is 51.5 Å². The van der Waals surface area contributed by atoms with E-state index in [-0.39, 0.29) is 30.4 Å². The van der Waals surface area contributed by atoms with Crippen LogP contribution >= 0.6 is 15.9 Å². The molecule has 0 heterocycles. The molecule has 0 unspecified atom stereocenters. The van der Waals surface area contributed by atoms with Crippen LogP contribution in [0.15, 0.2) is 22.7 Å². The fourth-order valence-corrected chi connectivity index (χ4v) is 2.28. The Kier molecular flexibility index (Phi) is 7.21. The van der Waals surface area contributed by atoms with Crippen LogP contribution < -0.4 is 21.3 Å². The van der Waals surface area contributed by atoms with Crippen molar-refractivity contribution in [2.24, 2.45) is 0 Å². The summed E-state index contributed by atoms with van der Waals surface area (Å²) >= 11 is 3.35. The van der Waals surface area contributed by atoms with Crippen molar-refractivity contribution in [1.82, 2.24) is 16.0 Å². The van der Waals surface area contributed by atoms with E-state index in [0.29, 0.717) is 5.69 Å². The molecule has 0 aliphatic rings. The summed E-state index contributed by atoms with van der Waals surface area (Å²) in [6.45, 7) is 7.06. The molecule has 0 aliphatic heterocycles. The zero-order valence-corrected chi connectivity index (χ0v) is 15.8. The molecule has 0 aliphatic carbocycles. The topological polar surface area (TPSA) is 99.3 Å². The predicted molar refractivity (Wildman–Crippen MR) is 96.8 cm³/mol. The number of carbonyl (C=O) groups excluding carboxylic acids is 3. The van der Waals surface area contributed by atoms with E-state index in [9.17, 15) is 14.4 Å². The zero-order chi connectivity index (χ0) is 18.3. The molecule has 7 nitrogen and oxygen atoms in total. The van der Waals surface area contributed by atoms with E-state index in [1.165, 1.54) is 0 Å². The van der Waals surface area contributed by atoms with Crippen molar-refractivity contribution in [3.63, 3.8) is 0 Å². The molecule has 0 fully saturated rings. The van der Waals surface area contributed by atoms with Gasteiger partial charge in [-0.3, -0.25) is 9.59 Å². The summed E-state index contributed by atoms with van der Waals surface area (Å²) in [7, 11) is 0. The number of benzene rings is 1. The van der Waals surface area contributed by atoms with Gasteiger partial charge in [-0.1, -0.05) is 15.9 Å². The number of hydrogen-bond donors (Lipinski definition) is 4. The first kappa shape index (κ1) is 20.0. The normalized spacial score (nSPS) is 10.7. The lowest BCUT2D eigenvalue weighted by atomic mass is 10.1. The molecule has 0 radical (unpaired) electrons. The first-order valence-corrected chi connectivity index (χ1v) is 8.25. The number of aryl methyl sites for hydroxylation is 1. The second-order valence-electron chi connectivity index (χ2n) is 6.34. The smallest absolute Gasteiger partial charge is 0.315 e. The maximum Gasteiger partial charge on any atom is 0.315 e. The molecule has 0 aromatic heterocycles. The summed E-state index contributed by atoms with van der Waals surface area (Å²) in [6.07, 6.45) is 0. The molecule has 1 rings (SSSR count). The van der Waals surface area contributed by atoms with Crippen molar-refractivity contribution in [3.8, 4) is 0 Å². The molecule has 0 atom stereocenters. The van der Waals surface area contributed by atoms with Gasteiger partial charge >= 0.3 is 6.03 Å². The number of rotatable bonds is 5. The van der Waals surface area contributed by atoms with Crippen molar-refractivity contribution >= 4 is 39.5 Å². The van der Waals surface area contributed by atoms with Gasteiger partial charge in [0.05, 0.1) is 13.1 Å². The third-order valence-corrected chi connectivity index (χ3v) is 3.29. The number of hydrogen-bond acceptors (Lipinski definition) is 3. The van der Waals surface area contributed by atoms with Gasteiger partial charge in [0.1, 0.15) is 0 Å². The molecule has 1 aromatic rings. The average molecular weight is 399 g/mol. The van der Waals surface area contributed by atoms with E-state index in [1.54, 1.807) is 6.07 Å². The Morgan fingerprint density at radius 2 is 1.62 bits per heavy atom. The summed E-state index contributed by atoms with van der Waals surface area (Å²) in [5.74, 6) is -0.651. The fourth-order valence-electron chi connectivity index (χ4n) is 1.81. The van der Waals surface area contributed by atoms with Crippen molar-refractivity contribution in [3.05, 3.63) is 28.2 Å². The van der Waals surface area contributed by atoms with E-state index in [1.807, 2.05) is 39.8 Å². The maximum atomic E-state index is 11.8. The lowest BCUT2D eigenvalue weighted by Gasteiger charge is -2.20. The Bertz CT molecular complexity index is 626. The summed E-state index contributed by atoms with van der Waals surface area (Å²) in [5.41, 5.74) is 1.22. The fraction of sp³-hybridized carbons (Fsp3) is 0.438. The van der Waals surface area contributed by atoms with Crippen LogP contribution in [-0.2, 0) is 9.59 Å². The van der Waals surface area contributed by atoms with E-state index in [4.69, 9.17) is 0 Å². The van der Waals surface area contributed by atoms with Crippen molar-refractivity contribution in [2.45, 2.75) is 33.2 Å². The molecule has 0 saturated heterocycles. The first-order valence-electron chi connectivity index (χ1n) is 7.45. The van der Waals surface area contributed by atoms with Gasteiger partial charge in [-0.2, -0.15) is 0 Å². The van der Waals surface area contributed by atoms with Crippen LogP contribution in [0.1, 0.15) is 26.3 Å². The van der Waals surface area contributed by atoms with Crippen LogP contribution in [-0.4, -0.2) is 36.5 Å². The molecule has 8 heteroatoms. The minimum absolute atomic E-state index is 0.156. The second kappa shape index (κ2) is 8.68. The van der Waals surface area contributed by atoms with Crippen molar-refractivity contribution < 1.29 is 14.4 Å². The third kappa shape index (κ3) is 7.96. The Hall–Kier alpha value is -2.09. The SMILES string of the molecule is Cc1cc(Br)ccc1NC(=O)CNC(=O)NCC(=O)NC(C)(C)C. The van der Waals surface area contributed by atoms with E-state index in [2.05, 4.69) is 37.2 Å². The minimum atomic E-state index is -0.582. The summed E-state index contributed by atoms with van der Waals surface area (Å²) < 4.78 is 0.920. The molecule has 4 amide bonds. The predicted octanol–water partition coefficient (Wildman–Crippen LogP) is 1.91. The number of amides is 4. The van der Waals surface area contributed by atoms with Gasteiger partial charge in [-0.25, -0.2) is 4.79 Å². The molecule has 0 spiro atoms. The second-order valence-corrected chi connectivity index (χ2v) is 7.26. The number of urea groups is 1. The first-order chi connectivity index (χ1) is 11.1. The Morgan fingerprint density at radius 3 is 2.17 bits per heavy atom. The van der Waals surface area contributed by atoms with Crippen LogP contribution in [0.2, 0.25) is 0 Å². The maximum absolute atomic E-state index is 11.8. The van der Waals surface area contributed by atoms with Gasteiger partial charge in [0.2, 0.25) is 11.8 Å². The van der Waals surface area contributed by atoms with Gasteiger partial charge in [0.15, 0.2) is 0 Å². The number of nitrogens with one attached hydrogen (secondary N) is 4. The Balaban J connectivity index is 2.33.